The number of carbonyl (C=O) groups excluding carboxylic acids is 1. The number of nitrogens with zero attached hydrogens (tertiary/aromatic N) is 1. The van der Waals surface area contributed by atoms with E-state index in [9.17, 15) is 9.00 Å². The molecule has 1 N–H and O–H groups in total. The van der Waals surface area contributed by atoms with Crippen LogP contribution in [0.1, 0.15) is 32.1 Å². The van der Waals surface area contributed by atoms with Crippen LogP contribution < -0.4 is 5.32 Å². The number of rotatable bonds is 5. The average molecular weight is 348 g/mol. The Morgan fingerprint density at radius 2 is 2.00 bits per heavy atom. The first-order chi connectivity index (χ1) is 11.3. The number of benzene rings is 1. The summed E-state index contributed by atoms with van der Waals surface area (Å²) >= 11 is 0. The summed E-state index contributed by atoms with van der Waals surface area (Å²) in [6.07, 6.45) is 1.58. The van der Waals surface area contributed by atoms with Gasteiger partial charge in [-0.15, -0.1) is 0 Å². The van der Waals surface area contributed by atoms with Gasteiger partial charge in [0, 0.05) is 34.0 Å². The summed E-state index contributed by atoms with van der Waals surface area (Å²) < 4.78 is 17.2. The van der Waals surface area contributed by atoms with Gasteiger partial charge in [0.1, 0.15) is 5.76 Å². The van der Waals surface area contributed by atoms with Gasteiger partial charge in [0.25, 0.3) is 0 Å². The molecule has 0 fully saturated rings. The van der Waals surface area contributed by atoms with Crippen LogP contribution in [0.5, 0.6) is 0 Å². The third kappa shape index (κ3) is 5.23. The van der Waals surface area contributed by atoms with Crippen molar-refractivity contribution in [1.82, 2.24) is 4.90 Å². The summed E-state index contributed by atoms with van der Waals surface area (Å²) in [6.45, 7) is 6.27. The highest BCUT2D eigenvalue weighted by Gasteiger charge is 2.19. The molecule has 0 unspecified atom stereocenters. The van der Waals surface area contributed by atoms with Gasteiger partial charge in [0.2, 0.25) is 0 Å². The van der Waals surface area contributed by atoms with Crippen molar-refractivity contribution in [1.29, 1.82) is 0 Å². The fourth-order valence-corrected chi connectivity index (χ4v) is 2.95. The van der Waals surface area contributed by atoms with E-state index in [4.69, 9.17) is 4.42 Å². The lowest BCUT2D eigenvalue weighted by atomic mass is 10.2. The Hall–Kier alpha value is -2.08. The summed E-state index contributed by atoms with van der Waals surface area (Å²) in [5, 5.41) is 2.85. The number of carbonyl (C=O) groups is 1. The van der Waals surface area contributed by atoms with Crippen molar-refractivity contribution >= 4 is 22.5 Å². The summed E-state index contributed by atoms with van der Waals surface area (Å²) in [5.41, 5.74) is 1.63. The normalized spacial score (nSPS) is 12.7. The van der Waals surface area contributed by atoms with Crippen molar-refractivity contribution in [3.8, 4) is 0 Å². The van der Waals surface area contributed by atoms with E-state index in [0.29, 0.717) is 18.0 Å². The molecule has 0 radical (unpaired) electrons. The molecule has 1 heterocycles. The van der Waals surface area contributed by atoms with Gasteiger partial charge in [0.05, 0.1) is 12.8 Å². The van der Waals surface area contributed by atoms with Crippen molar-refractivity contribution in [2.24, 2.45) is 0 Å². The zero-order valence-corrected chi connectivity index (χ0v) is 15.4. The lowest BCUT2D eigenvalue weighted by molar-refractivity contribution is 0.217. The standard InChI is InChI=1S/C18H24N2O3S/c1-18(2,3)24(22)13-14-7-5-8-15(11-14)19-17(21)20(4)12-16-9-6-10-23-16/h5-11H,12-13H2,1-4H3,(H,19,21)/t24-/m0/s1. The van der Waals surface area contributed by atoms with E-state index in [-0.39, 0.29) is 10.8 Å². The van der Waals surface area contributed by atoms with Crippen molar-refractivity contribution in [3.05, 3.63) is 54.0 Å². The molecule has 5 nitrogen and oxygen atoms in total. The molecule has 2 rings (SSSR count). The molecule has 0 aliphatic carbocycles. The molecule has 1 atom stereocenters. The minimum absolute atomic E-state index is 0.222. The maximum Gasteiger partial charge on any atom is 0.321 e. The average Bonchev–Trinajstić information content (AvgIpc) is 2.99. The molecule has 0 saturated heterocycles. The predicted molar refractivity (Wildman–Crippen MR) is 97.2 cm³/mol. The van der Waals surface area contributed by atoms with E-state index in [0.717, 1.165) is 11.3 Å². The minimum Gasteiger partial charge on any atom is -0.467 e. The van der Waals surface area contributed by atoms with Crippen LogP contribution in [0.25, 0.3) is 0 Å². The van der Waals surface area contributed by atoms with Crippen LogP contribution >= 0.6 is 0 Å². The number of amides is 2. The van der Waals surface area contributed by atoms with Crippen LogP contribution in [0, 0.1) is 0 Å². The molecule has 2 aromatic rings. The van der Waals surface area contributed by atoms with Crippen molar-refractivity contribution < 1.29 is 13.4 Å². The highest BCUT2D eigenvalue weighted by Crippen LogP contribution is 2.19. The Kier molecular flexibility index (Phi) is 5.83. The zero-order chi connectivity index (χ0) is 17.7. The maximum atomic E-state index is 12.3. The Labute approximate surface area is 145 Å². The summed E-state index contributed by atoms with van der Waals surface area (Å²) in [6, 6.07) is 10.9. The largest absolute Gasteiger partial charge is 0.467 e. The van der Waals surface area contributed by atoms with E-state index >= 15 is 0 Å². The molecule has 0 spiro atoms. The second kappa shape index (κ2) is 7.66. The molecular formula is C18H24N2O3S. The molecule has 2 amide bonds. The SMILES string of the molecule is CN(Cc1ccco1)C(=O)Nc1cccc(C[S@](=O)C(C)(C)C)c1. The van der Waals surface area contributed by atoms with Gasteiger partial charge in [-0.25, -0.2) is 4.79 Å². The third-order valence-electron chi connectivity index (χ3n) is 3.48. The second-order valence-corrected chi connectivity index (χ2v) is 8.87. The van der Waals surface area contributed by atoms with E-state index in [1.807, 2.05) is 51.1 Å². The Balaban J connectivity index is 1.98. The smallest absolute Gasteiger partial charge is 0.321 e. The fourth-order valence-electron chi connectivity index (χ4n) is 2.03. The molecule has 0 aliphatic heterocycles. The topological polar surface area (TPSA) is 62.6 Å². The van der Waals surface area contributed by atoms with E-state index < -0.39 is 10.8 Å². The van der Waals surface area contributed by atoms with Gasteiger partial charge in [-0.1, -0.05) is 12.1 Å². The Morgan fingerprint density at radius 1 is 1.25 bits per heavy atom. The van der Waals surface area contributed by atoms with Crippen LogP contribution in [-0.4, -0.2) is 26.9 Å². The highest BCUT2D eigenvalue weighted by molar-refractivity contribution is 7.85. The van der Waals surface area contributed by atoms with Crippen molar-refractivity contribution in [3.63, 3.8) is 0 Å². The quantitative estimate of drug-likeness (QED) is 0.888. The van der Waals surface area contributed by atoms with Gasteiger partial charge >= 0.3 is 6.03 Å². The molecule has 1 aromatic heterocycles. The maximum absolute atomic E-state index is 12.3. The van der Waals surface area contributed by atoms with Crippen LogP contribution in [0.2, 0.25) is 0 Å². The molecular weight excluding hydrogens is 324 g/mol. The lowest BCUT2D eigenvalue weighted by Crippen LogP contribution is -2.30. The minimum atomic E-state index is -0.975. The molecule has 1 aromatic carbocycles. The van der Waals surface area contributed by atoms with Crippen LogP contribution in [0.4, 0.5) is 10.5 Å². The Morgan fingerprint density at radius 3 is 2.62 bits per heavy atom. The van der Waals surface area contributed by atoms with Gasteiger partial charge < -0.3 is 14.6 Å². The first-order valence-electron chi connectivity index (χ1n) is 7.77. The van der Waals surface area contributed by atoms with Crippen molar-refractivity contribution in [2.75, 3.05) is 12.4 Å². The van der Waals surface area contributed by atoms with E-state index in [1.165, 1.54) is 0 Å². The number of nitrogens with one attached hydrogen (secondary N) is 1. The number of hydrogen-bond donors (Lipinski definition) is 1. The van der Waals surface area contributed by atoms with Crippen LogP contribution in [-0.2, 0) is 23.1 Å². The number of anilines is 1. The molecule has 24 heavy (non-hydrogen) atoms. The second-order valence-electron chi connectivity index (χ2n) is 6.67. The zero-order valence-electron chi connectivity index (χ0n) is 14.5. The molecule has 130 valence electrons. The monoisotopic (exact) mass is 348 g/mol. The highest BCUT2D eigenvalue weighted by atomic mass is 32.2. The fraction of sp³-hybridized carbons (Fsp3) is 0.389. The van der Waals surface area contributed by atoms with Gasteiger partial charge in [-0.3, -0.25) is 4.21 Å². The predicted octanol–water partition coefficient (Wildman–Crippen LogP) is 3.99. The summed E-state index contributed by atoms with van der Waals surface area (Å²) in [5.74, 6) is 1.19. The van der Waals surface area contributed by atoms with Gasteiger partial charge in [0.15, 0.2) is 0 Å². The first-order valence-corrected chi connectivity index (χ1v) is 9.09. The molecule has 0 bridgehead atoms. The van der Waals surface area contributed by atoms with E-state index in [1.54, 1.807) is 24.3 Å². The van der Waals surface area contributed by atoms with E-state index in [2.05, 4.69) is 5.32 Å². The molecule has 6 heteroatoms. The number of hydrogen-bond acceptors (Lipinski definition) is 3. The summed E-state index contributed by atoms with van der Waals surface area (Å²) in [4.78, 5) is 13.8. The number of urea groups is 1. The lowest BCUT2D eigenvalue weighted by Gasteiger charge is -2.19. The van der Waals surface area contributed by atoms with Gasteiger partial charge in [-0.2, -0.15) is 0 Å². The Bertz CT molecular complexity index is 705. The van der Waals surface area contributed by atoms with Crippen LogP contribution in [0.3, 0.4) is 0 Å². The van der Waals surface area contributed by atoms with Gasteiger partial charge in [-0.05, 0) is 50.6 Å². The number of furan rings is 1. The van der Waals surface area contributed by atoms with Crippen molar-refractivity contribution in [2.45, 2.75) is 37.8 Å². The van der Waals surface area contributed by atoms with Crippen LogP contribution in [0.15, 0.2) is 47.1 Å². The first kappa shape index (κ1) is 18.3. The molecule has 0 aliphatic rings. The molecule has 0 saturated carbocycles. The third-order valence-corrected chi connectivity index (χ3v) is 5.44. The summed E-state index contributed by atoms with van der Waals surface area (Å²) in [7, 11) is 0.729.